The van der Waals surface area contributed by atoms with Crippen molar-refractivity contribution in [3.8, 4) is 23.0 Å². The van der Waals surface area contributed by atoms with Crippen molar-refractivity contribution in [1.29, 1.82) is 0 Å². The van der Waals surface area contributed by atoms with Crippen molar-refractivity contribution in [3.05, 3.63) is 118 Å². The lowest BCUT2D eigenvalue weighted by Crippen LogP contribution is -2.29. The van der Waals surface area contributed by atoms with Crippen molar-refractivity contribution in [3.63, 3.8) is 0 Å². The molecular weight excluding hydrogens is 532 g/mol. The van der Waals surface area contributed by atoms with Gasteiger partial charge >= 0.3 is 0 Å². The molecule has 0 unspecified atom stereocenters. The number of ether oxygens (including phenoxy) is 2. The molecule has 210 valence electrons. The number of hydrogen-bond donors (Lipinski definition) is 0. The third-order valence-electron chi connectivity index (χ3n) is 7.94. The van der Waals surface area contributed by atoms with Gasteiger partial charge in [0, 0.05) is 19.0 Å². The molecule has 4 aromatic carbocycles. The van der Waals surface area contributed by atoms with Gasteiger partial charge in [-0.2, -0.15) is 0 Å². The van der Waals surface area contributed by atoms with Gasteiger partial charge in [-0.1, -0.05) is 38.1 Å². The normalized spacial score (nSPS) is 14.4. The van der Waals surface area contributed by atoms with Crippen LogP contribution in [0.5, 0.6) is 23.0 Å². The van der Waals surface area contributed by atoms with Crippen LogP contribution in [0.15, 0.2) is 84.9 Å². The topological polar surface area (TPSA) is 93.2 Å². The van der Waals surface area contributed by atoms with Crippen LogP contribution in [0, 0.1) is 0 Å². The van der Waals surface area contributed by atoms with E-state index in [-0.39, 0.29) is 29.0 Å². The van der Waals surface area contributed by atoms with Gasteiger partial charge in [-0.3, -0.25) is 29.0 Å². The van der Waals surface area contributed by atoms with Gasteiger partial charge in [-0.05, 0) is 78.7 Å². The van der Waals surface area contributed by atoms with Crippen LogP contribution >= 0.6 is 0 Å². The van der Waals surface area contributed by atoms with E-state index >= 15 is 0 Å². The molecule has 0 saturated heterocycles. The van der Waals surface area contributed by atoms with Crippen LogP contribution < -0.4 is 9.47 Å². The summed E-state index contributed by atoms with van der Waals surface area (Å²) >= 11 is 0. The van der Waals surface area contributed by atoms with E-state index in [1.807, 2.05) is 48.5 Å². The molecule has 2 aliphatic rings. The molecule has 0 fully saturated rings. The van der Waals surface area contributed by atoms with Crippen molar-refractivity contribution in [1.82, 2.24) is 9.80 Å². The summed E-state index contributed by atoms with van der Waals surface area (Å²) in [6, 6.07) is 25.4. The molecular formula is C34H28N2O6. The van der Waals surface area contributed by atoms with Crippen LogP contribution in [0.4, 0.5) is 0 Å². The highest BCUT2D eigenvalue weighted by Gasteiger charge is 2.35. The summed E-state index contributed by atoms with van der Waals surface area (Å²) in [5, 5.41) is 0. The molecule has 0 saturated carbocycles. The Morgan fingerprint density at radius 3 is 1.40 bits per heavy atom. The molecule has 8 nitrogen and oxygen atoms in total. The average molecular weight is 561 g/mol. The highest BCUT2D eigenvalue weighted by atomic mass is 16.5. The molecule has 4 aromatic rings. The van der Waals surface area contributed by atoms with Crippen molar-refractivity contribution < 1.29 is 28.7 Å². The zero-order valence-electron chi connectivity index (χ0n) is 23.6. The maximum atomic E-state index is 12.5. The second-order valence-corrected chi connectivity index (χ2v) is 10.8. The molecule has 0 aliphatic carbocycles. The van der Waals surface area contributed by atoms with Gasteiger partial charge in [0.15, 0.2) is 0 Å². The zero-order chi connectivity index (χ0) is 29.8. The van der Waals surface area contributed by atoms with Crippen molar-refractivity contribution >= 4 is 23.6 Å². The summed E-state index contributed by atoms with van der Waals surface area (Å²) in [5.41, 5.74) is 3.29. The second kappa shape index (κ2) is 9.99. The van der Waals surface area contributed by atoms with E-state index < -0.39 is 0 Å². The third kappa shape index (κ3) is 4.41. The lowest BCUT2D eigenvalue weighted by Gasteiger charge is -2.26. The Hall–Kier alpha value is -5.24. The van der Waals surface area contributed by atoms with Gasteiger partial charge in [0.05, 0.1) is 22.3 Å². The minimum Gasteiger partial charge on any atom is -0.457 e. The number of imide groups is 2. The molecule has 6 rings (SSSR count). The van der Waals surface area contributed by atoms with E-state index in [1.54, 1.807) is 43.3 Å². The minimum atomic E-state index is -0.337. The maximum Gasteiger partial charge on any atom is 0.261 e. The Balaban J connectivity index is 1.15. The predicted molar refractivity (Wildman–Crippen MR) is 156 cm³/mol. The first-order valence-electron chi connectivity index (χ1n) is 13.6. The molecule has 0 N–H and O–H groups in total. The van der Waals surface area contributed by atoms with E-state index in [9.17, 15) is 19.2 Å². The first kappa shape index (κ1) is 27.0. The molecule has 8 heteroatoms. The summed E-state index contributed by atoms with van der Waals surface area (Å²) < 4.78 is 12.0. The highest BCUT2D eigenvalue weighted by Crippen LogP contribution is 2.36. The third-order valence-corrected chi connectivity index (χ3v) is 7.94. The molecule has 2 heterocycles. The Bertz CT molecular complexity index is 1770. The van der Waals surface area contributed by atoms with Crippen LogP contribution in [0.25, 0.3) is 0 Å². The number of fused-ring (bicyclic) bond motifs is 2. The smallest absolute Gasteiger partial charge is 0.261 e. The standard InChI is InChI=1S/C34H28N2O6/c1-5-36-32(39)27-17-15-25(19-29(27)33(36)40)42-23-12-8-21(9-13-23)34(2,3)20-6-10-22(11-7-20)41-24-14-16-26-28(18-24)31(38)35(4)30(26)37/h6-19H,5H2,1-4H3. The largest absolute Gasteiger partial charge is 0.457 e. The molecule has 2 aliphatic heterocycles. The van der Waals surface area contributed by atoms with Crippen molar-refractivity contribution in [2.45, 2.75) is 26.2 Å². The molecule has 4 amide bonds. The fourth-order valence-electron chi connectivity index (χ4n) is 5.34. The average Bonchev–Trinajstić information content (AvgIpc) is 3.36. The fourth-order valence-corrected chi connectivity index (χ4v) is 5.34. The fraction of sp³-hybridized carbons (Fsp3) is 0.176. The molecule has 0 aromatic heterocycles. The van der Waals surface area contributed by atoms with E-state index in [0.29, 0.717) is 51.8 Å². The van der Waals surface area contributed by atoms with Crippen LogP contribution in [0.3, 0.4) is 0 Å². The van der Waals surface area contributed by atoms with Crippen molar-refractivity contribution in [2.75, 3.05) is 13.6 Å². The maximum absolute atomic E-state index is 12.5. The second-order valence-electron chi connectivity index (χ2n) is 10.8. The SMILES string of the molecule is CCN1C(=O)c2ccc(Oc3ccc(C(C)(C)c4ccc(Oc5ccc6c(c5)C(=O)N(C)C6=O)cc4)cc3)cc2C1=O. The van der Waals surface area contributed by atoms with Crippen LogP contribution in [0.2, 0.25) is 0 Å². The summed E-state index contributed by atoms with van der Waals surface area (Å²) in [5.74, 6) is 0.966. The van der Waals surface area contributed by atoms with E-state index in [2.05, 4.69) is 13.8 Å². The van der Waals surface area contributed by atoms with Crippen LogP contribution in [-0.4, -0.2) is 47.0 Å². The lowest BCUT2D eigenvalue weighted by molar-refractivity contribution is 0.0656. The number of nitrogens with zero attached hydrogens (tertiary/aromatic N) is 2. The quantitative estimate of drug-likeness (QED) is 0.242. The Labute approximate surface area is 243 Å². The number of hydrogen-bond acceptors (Lipinski definition) is 6. The highest BCUT2D eigenvalue weighted by molar-refractivity contribution is 6.22. The number of benzene rings is 4. The molecule has 0 radical (unpaired) electrons. The van der Waals surface area contributed by atoms with Crippen molar-refractivity contribution in [2.24, 2.45) is 0 Å². The molecule has 0 atom stereocenters. The van der Waals surface area contributed by atoms with Crippen LogP contribution in [0.1, 0.15) is 73.3 Å². The van der Waals surface area contributed by atoms with Crippen LogP contribution in [-0.2, 0) is 5.41 Å². The van der Waals surface area contributed by atoms with Gasteiger partial charge in [0.2, 0.25) is 0 Å². The monoisotopic (exact) mass is 560 g/mol. The molecule has 0 bridgehead atoms. The Morgan fingerprint density at radius 1 is 0.548 bits per heavy atom. The Morgan fingerprint density at radius 2 is 0.929 bits per heavy atom. The van der Waals surface area contributed by atoms with Gasteiger partial charge in [0.25, 0.3) is 23.6 Å². The van der Waals surface area contributed by atoms with Gasteiger partial charge < -0.3 is 9.47 Å². The van der Waals surface area contributed by atoms with E-state index in [1.165, 1.54) is 11.9 Å². The van der Waals surface area contributed by atoms with Gasteiger partial charge in [-0.15, -0.1) is 0 Å². The minimum absolute atomic E-state index is 0.277. The summed E-state index contributed by atoms with van der Waals surface area (Å²) in [7, 11) is 1.47. The van der Waals surface area contributed by atoms with E-state index in [0.717, 1.165) is 16.0 Å². The number of carbonyl (C=O) groups is 4. The van der Waals surface area contributed by atoms with E-state index in [4.69, 9.17) is 9.47 Å². The summed E-state index contributed by atoms with van der Waals surface area (Å²) in [6.45, 7) is 6.35. The van der Waals surface area contributed by atoms with Gasteiger partial charge in [0.1, 0.15) is 23.0 Å². The summed E-state index contributed by atoms with van der Waals surface area (Å²) in [6.07, 6.45) is 0. The Kier molecular flexibility index (Phi) is 6.41. The predicted octanol–water partition coefficient (Wildman–Crippen LogP) is 6.44. The first-order chi connectivity index (χ1) is 20.1. The first-order valence-corrected chi connectivity index (χ1v) is 13.6. The number of rotatable bonds is 7. The van der Waals surface area contributed by atoms with Gasteiger partial charge in [-0.25, -0.2) is 0 Å². The zero-order valence-corrected chi connectivity index (χ0v) is 23.6. The number of carbonyl (C=O) groups excluding carboxylic acids is 4. The lowest BCUT2D eigenvalue weighted by atomic mass is 9.78. The molecule has 42 heavy (non-hydrogen) atoms. The number of amides is 4. The molecule has 0 spiro atoms. The summed E-state index contributed by atoms with van der Waals surface area (Å²) in [4.78, 5) is 51.7.